The van der Waals surface area contributed by atoms with Gasteiger partial charge in [-0.3, -0.25) is 5.10 Å². The molecule has 0 atom stereocenters. The van der Waals surface area contributed by atoms with Crippen molar-refractivity contribution in [2.24, 2.45) is 0 Å². The topological polar surface area (TPSA) is 88.1 Å². The Hall–Kier alpha value is -1.95. The van der Waals surface area contributed by atoms with Crippen LogP contribution < -0.4 is 0 Å². The summed E-state index contributed by atoms with van der Waals surface area (Å²) in [6.07, 6.45) is 1.62. The molecule has 0 spiro atoms. The number of nitrogens with zero attached hydrogens (tertiary/aromatic N) is 2. The van der Waals surface area contributed by atoms with Gasteiger partial charge in [-0.25, -0.2) is 9.78 Å². The normalized spacial score (nSPS) is 11.1. The largest absolute Gasteiger partial charge is 0.476 e. The number of hydrogen-bond donors (Lipinski definition) is 2. The summed E-state index contributed by atoms with van der Waals surface area (Å²) in [6, 6.07) is 1.10. The summed E-state index contributed by atoms with van der Waals surface area (Å²) in [5.41, 5.74) is 2.97. The zero-order valence-electron chi connectivity index (χ0n) is 13.3. The van der Waals surface area contributed by atoms with E-state index in [0.29, 0.717) is 17.0 Å². The molecule has 0 saturated carbocycles. The van der Waals surface area contributed by atoms with Crippen LogP contribution in [0.4, 0.5) is 0 Å². The summed E-state index contributed by atoms with van der Waals surface area (Å²) >= 11 is 1.21. The fourth-order valence-corrected chi connectivity index (χ4v) is 3.08. The molecule has 0 unspecified atom stereocenters. The fraction of sp³-hybridized carbons (Fsp3) is 0.400. The molecule has 2 N–H and O–H groups in total. The van der Waals surface area contributed by atoms with E-state index >= 15 is 0 Å². The number of H-pyrrole nitrogens is 1. The van der Waals surface area contributed by atoms with E-state index in [0.717, 1.165) is 18.3 Å². The number of thiazole rings is 1. The van der Waals surface area contributed by atoms with Crippen LogP contribution in [0.5, 0.6) is 0 Å². The molecule has 0 fully saturated rings. The minimum absolute atomic E-state index is 0.0149. The second kappa shape index (κ2) is 7.54. The summed E-state index contributed by atoms with van der Waals surface area (Å²) in [5.74, 6) is 4.72. The number of aromatic amines is 1. The summed E-state index contributed by atoms with van der Waals surface area (Å²) in [5, 5.41) is 15.9. The number of hydrogen-bond acceptors (Lipinski definition) is 5. The Morgan fingerprint density at radius 1 is 1.43 bits per heavy atom. The highest BCUT2D eigenvalue weighted by atomic mass is 32.1. The number of aromatic carboxylic acids is 1. The molecule has 0 aliphatic heterocycles. The molecular weight excluding hydrogens is 330 g/mol. The SMILES string of the molecule is C[Si](C)(C)CCOCc1[nH]ncc1C#Cc1scnc1C(=O)O. The molecule has 2 rings (SSSR count). The fourth-order valence-electron chi connectivity index (χ4n) is 1.69. The molecule has 0 aliphatic carbocycles. The van der Waals surface area contributed by atoms with Crippen molar-refractivity contribution in [3.63, 3.8) is 0 Å². The van der Waals surface area contributed by atoms with Crippen molar-refractivity contribution in [3.05, 3.63) is 33.5 Å². The first-order valence-electron chi connectivity index (χ1n) is 7.15. The van der Waals surface area contributed by atoms with Gasteiger partial charge in [0.25, 0.3) is 0 Å². The van der Waals surface area contributed by atoms with Gasteiger partial charge in [0.2, 0.25) is 0 Å². The summed E-state index contributed by atoms with van der Waals surface area (Å²) < 4.78 is 5.69. The maximum absolute atomic E-state index is 11.0. The summed E-state index contributed by atoms with van der Waals surface area (Å²) in [6.45, 7) is 8.05. The number of aromatic nitrogens is 3. The van der Waals surface area contributed by atoms with Crippen LogP contribution in [0.3, 0.4) is 0 Å². The van der Waals surface area contributed by atoms with Crippen LogP contribution in [0, 0.1) is 11.8 Å². The highest BCUT2D eigenvalue weighted by molar-refractivity contribution is 7.10. The predicted octanol–water partition coefficient (Wildman–Crippen LogP) is 2.82. The number of nitrogens with one attached hydrogen (secondary N) is 1. The summed E-state index contributed by atoms with van der Waals surface area (Å²) in [4.78, 5) is 15.2. The average molecular weight is 349 g/mol. The van der Waals surface area contributed by atoms with Crippen molar-refractivity contribution in [3.8, 4) is 11.8 Å². The number of carboxylic acid groups (broad SMARTS) is 1. The summed E-state index contributed by atoms with van der Waals surface area (Å²) in [7, 11) is -1.10. The lowest BCUT2D eigenvalue weighted by molar-refractivity contribution is 0.0691. The van der Waals surface area contributed by atoms with Gasteiger partial charge in [0.05, 0.1) is 29.6 Å². The molecule has 0 amide bonds. The third-order valence-corrected chi connectivity index (χ3v) is 5.49. The maximum Gasteiger partial charge on any atom is 0.356 e. The Labute approximate surface area is 139 Å². The van der Waals surface area contributed by atoms with Crippen molar-refractivity contribution in [2.45, 2.75) is 32.3 Å². The minimum atomic E-state index is -1.10. The first kappa shape index (κ1) is 17.4. The number of ether oxygens (including phenoxy) is 1. The van der Waals surface area contributed by atoms with Crippen molar-refractivity contribution in [2.75, 3.05) is 6.61 Å². The molecule has 0 saturated heterocycles. The Kier molecular flexibility index (Phi) is 5.71. The van der Waals surface area contributed by atoms with Crippen molar-refractivity contribution < 1.29 is 14.6 Å². The Morgan fingerprint density at radius 3 is 2.91 bits per heavy atom. The first-order valence-corrected chi connectivity index (χ1v) is 11.7. The quantitative estimate of drug-likeness (QED) is 0.476. The molecule has 0 bridgehead atoms. The molecule has 2 aromatic heterocycles. The van der Waals surface area contributed by atoms with Crippen molar-refractivity contribution >= 4 is 25.4 Å². The zero-order chi connectivity index (χ0) is 16.9. The van der Waals surface area contributed by atoms with Gasteiger partial charge in [0, 0.05) is 14.7 Å². The van der Waals surface area contributed by atoms with Crippen LogP contribution >= 0.6 is 11.3 Å². The molecule has 0 aromatic carbocycles. The third-order valence-electron chi connectivity index (χ3n) is 3.04. The van der Waals surface area contributed by atoms with Gasteiger partial charge < -0.3 is 9.84 Å². The van der Waals surface area contributed by atoms with Crippen LogP contribution in [0.1, 0.15) is 26.6 Å². The van der Waals surface area contributed by atoms with Crippen molar-refractivity contribution in [1.82, 2.24) is 15.2 Å². The average Bonchev–Trinajstić information content (AvgIpc) is 3.09. The van der Waals surface area contributed by atoms with E-state index in [1.807, 2.05) is 0 Å². The van der Waals surface area contributed by atoms with Crippen LogP contribution in [-0.4, -0.2) is 40.9 Å². The van der Waals surface area contributed by atoms with Gasteiger partial charge in [-0.05, 0) is 12.0 Å². The monoisotopic (exact) mass is 349 g/mol. The van der Waals surface area contributed by atoms with Gasteiger partial charge in [0.15, 0.2) is 5.69 Å². The zero-order valence-corrected chi connectivity index (χ0v) is 15.2. The lowest BCUT2D eigenvalue weighted by Crippen LogP contribution is -2.21. The molecule has 122 valence electrons. The van der Waals surface area contributed by atoms with Crippen LogP contribution in [0.25, 0.3) is 0 Å². The molecule has 2 heterocycles. The number of rotatable bonds is 6. The third kappa shape index (κ3) is 5.32. The van der Waals surface area contributed by atoms with E-state index in [1.165, 1.54) is 16.8 Å². The Balaban J connectivity index is 2.00. The molecular formula is C15H19N3O3SSi. The standard InChI is InChI=1S/C15H19N3O3SSi/c1-23(2,3)7-6-21-9-12-11(8-17-18-12)4-5-13-14(15(19)20)16-10-22-13/h8,10H,6-7,9H2,1-3H3,(H,17,18)(H,19,20). The van der Waals surface area contributed by atoms with E-state index in [9.17, 15) is 4.79 Å². The van der Waals surface area contributed by atoms with E-state index < -0.39 is 14.0 Å². The van der Waals surface area contributed by atoms with Gasteiger partial charge in [-0.1, -0.05) is 25.6 Å². The maximum atomic E-state index is 11.0. The Morgan fingerprint density at radius 2 is 2.22 bits per heavy atom. The Bertz CT molecular complexity index is 737. The lowest BCUT2D eigenvalue weighted by atomic mass is 10.2. The van der Waals surface area contributed by atoms with Gasteiger partial charge >= 0.3 is 5.97 Å². The van der Waals surface area contributed by atoms with Gasteiger partial charge in [-0.2, -0.15) is 5.10 Å². The van der Waals surface area contributed by atoms with E-state index in [2.05, 4.69) is 46.7 Å². The molecule has 23 heavy (non-hydrogen) atoms. The predicted molar refractivity (Wildman–Crippen MR) is 91.5 cm³/mol. The van der Waals surface area contributed by atoms with Crippen molar-refractivity contribution in [1.29, 1.82) is 0 Å². The van der Waals surface area contributed by atoms with Crippen LogP contribution in [0.15, 0.2) is 11.7 Å². The van der Waals surface area contributed by atoms with Gasteiger partial charge in [0.1, 0.15) is 4.88 Å². The smallest absolute Gasteiger partial charge is 0.356 e. The van der Waals surface area contributed by atoms with E-state index in [-0.39, 0.29) is 5.69 Å². The molecule has 0 aliphatic rings. The molecule has 6 nitrogen and oxygen atoms in total. The molecule has 2 aromatic rings. The van der Waals surface area contributed by atoms with Crippen LogP contribution in [-0.2, 0) is 11.3 Å². The number of carboxylic acids is 1. The second-order valence-electron chi connectivity index (χ2n) is 6.21. The van der Waals surface area contributed by atoms with Gasteiger partial charge in [-0.15, -0.1) is 11.3 Å². The first-order chi connectivity index (χ1) is 10.9. The second-order valence-corrected chi connectivity index (χ2v) is 12.7. The molecule has 8 heteroatoms. The van der Waals surface area contributed by atoms with Crippen LogP contribution in [0.2, 0.25) is 25.7 Å². The van der Waals surface area contributed by atoms with E-state index in [4.69, 9.17) is 9.84 Å². The highest BCUT2D eigenvalue weighted by Crippen LogP contribution is 2.13. The minimum Gasteiger partial charge on any atom is -0.476 e. The lowest BCUT2D eigenvalue weighted by Gasteiger charge is -2.15. The van der Waals surface area contributed by atoms with E-state index in [1.54, 1.807) is 6.20 Å². The molecule has 0 radical (unpaired) electrons. The highest BCUT2D eigenvalue weighted by Gasteiger charge is 2.13. The number of carbonyl (C=O) groups is 1.